The highest BCUT2D eigenvalue weighted by molar-refractivity contribution is 6.31. The number of carboxylic acid groups (broad SMARTS) is 1. The summed E-state index contributed by atoms with van der Waals surface area (Å²) in [6.07, 6.45) is 3.67. The summed E-state index contributed by atoms with van der Waals surface area (Å²) in [6.45, 7) is 3.57. The maximum Gasteiger partial charge on any atom is 0.490 e. The van der Waals surface area contributed by atoms with Crippen molar-refractivity contribution in [3.8, 4) is 0 Å². The molecular weight excluding hydrogens is 447 g/mol. The highest BCUT2D eigenvalue weighted by Crippen LogP contribution is 2.34. The smallest absolute Gasteiger partial charge is 0.475 e. The molecule has 0 spiro atoms. The molecule has 0 radical (unpaired) electrons. The third kappa shape index (κ3) is 6.83. The fourth-order valence-corrected chi connectivity index (χ4v) is 4.66. The lowest BCUT2D eigenvalue weighted by Gasteiger charge is -2.33. The molecule has 1 aromatic heterocycles. The molecular formula is C22H29ClF3N3O3. The van der Waals surface area contributed by atoms with Crippen LogP contribution in [0.3, 0.4) is 0 Å². The first-order chi connectivity index (χ1) is 15.1. The van der Waals surface area contributed by atoms with Crippen LogP contribution in [-0.4, -0.2) is 53.0 Å². The van der Waals surface area contributed by atoms with Crippen molar-refractivity contribution in [2.75, 3.05) is 19.6 Å². The molecule has 1 aromatic carbocycles. The maximum absolute atomic E-state index is 10.6. The van der Waals surface area contributed by atoms with Gasteiger partial charge in [-0.3, -0.25) is 0 Å². The molecule has 2 fully saturated rings. The van der Waals surface area contributed by atoms with Gasteiger partial charge in [0.15, 0.2) is 5.58 Å². The molecule has 3 N–H and O–H groups in total. The number of alkyl halides is 3. The van der Waals surface area contributed by atoms with E-state index in [9.17, 15) is 13.2 Å². The number of nitrogens with zero attached hydrogens (tertiary/aromatic N) is 2. The number of halogens is 4. The molecule has 2 aliphatic rings. The topological polar surface area (TPSA) is 92.6 Å². The van der Waals surface area contributed by atoms with E-state index in [1.807, 2.05) is 18.2 Å². The number of nitrogens with two attached hydrogens (primary N) is 1. The summed E-state index contributed by atoms with van der Waals surface area (Å²) < 4.78 is 37.2. The summed E-state index contributed by atoms with van der Waals surface area (Å²) in [5, 5.41) is 13.3. The van der Waals surface area contributed by atoms with Crippen LogP contribution in [0.15, 0.2) is 22.7 Å². The van der Waals surface area contributed by atoms with Gasteiger partial charge in [-0.25, -0.2) is 4.79 Å². The van der Waals surface area contributed by atoms with Gasteiger partial charge in [0.2, 0.25) is 0 Å². The SMILES string of the molecule is N[C@H]1CC[C@H](CCN2CCC(c3noc4cc(Cl)ccc34)CC2)CC1.O=C(O)C(F)(F)F. The summed E-state index contributed by atoms with van der Waals surface area (Å²) in [5.74, 6) is -1.36. The molecule has 2 heterocycles. The van der Waals surface area contributed by atoms with Gasteiger partial charge in [-0.2, -0.15) is 13.2 Å². The summed E-state index contributed by atoms with van der Waals surface area (Å²) >= 11 is 6.04. The minimum Gasteiger partial charge on any atom is -0.475 e. The van der Waals surface area contributed by atoms with Crippen molar-refractivity contribution in [1.29, 1.82) is 0 Å². The van der Waals surface area contributed by atoms with Crippen LogP contribution in [0.25, 0.3) is 11.0 Å². The number of carbonyl (C=O) groups is 1. The molecule has 1 saturated carbocycles. The first kappa shape index (κ1) is 24.8. The van der Waals surface area contributed by atoms with Gasteiger partial charge in [0.05, 0.1) is 5.69 Å². The molecule has 0 atom stereocenters. The second-order valence-electron chi connectivity index (χ2n) is 8.70. The number of rotatable bonds is 4. The Morgan fingerprint density at radius 2 is 1.81 bits per heavy atom. The zero-order valence-electron chi connectivity index (χ0n) is 17.8. The van der Waals surface area contributed by atoms with E-state index >= 15 is 0 Å². The monoisotopic (exact) mass is 475 g/mol. The standard InChI is InChI=1S/C20H28ClN3O.C2HF3O2/c21-16-3-6-18-19(13-16)25-23-20(18)15-8-11-24(12-9-15)10-7-14-1-4-17(22)5-2-14;3-2(4,5)1(6)7/h3,6,13-15,17H,1-2,4-5,7-12,22H2;(H,6,7)/t14-,17-;. The Labute approximate surface area is 189 Å². The Morgan fingerprint density at radius 3 is 2.41 bits per heavy atom. The molecule has 0 unspecified atom stereocenters. The minimum atomic E-state index is -5.08. The Kier molecular flexibility index (Phi) is 8.41. The molecule has 32 heavy (non-hydrogen) atoms. The fourth-order valence-electron chi connectivity index (χ4n) is 4.50. The normalized spacial score (nSPS) is 23.0. The van der Waals surface area contributed by atoms with Crippen LogP contribution in [-0.2, 0) is 4.79 Å². The van der Waals surface area contributed by atoms with Crippen LogP contribution in [0.1, 0.15) is 56.6 Å². The zero-order chi connectivity index (χ0) is 23.3. The molecule has 2 aromatic rings. The summed E-state index contributed by atoms with van der Waals surface area (Å²) in [4.78, 5) is 11.5. The van der Waals surface area contributed by atoms with E-state index in [1.165, 1.54) is 64.6 Å². The quantitative estimate of drug-likeness (QED) is 0.631. The van der Waals surface area contributed by atoms with Crippen molar-refractivity contribution >= 4 is 28.5 Å². The first-order valence-electron chi connectivity index (χ1n) is 11.0. The van der Waals surface area contributed by atoms with E-state index in [1.54, 1.807) is 0 Å². The van der Waals surface area contributed by atoms with Crippen molar-refractivity contribution in [3.63, 3.8) is 0 Å². The Hall–Kier alpha value is -1.84. The predicted octanol–water partition coefficient (Wildman–Crippen LogP) is 5.20. The number of carboxylic acids is 1. The molecule has 178 valence electrons. The van der Waals surface area contributed by atoms with Crippen LogP contribution >= 0.6 is 11.6 Å². The van der Waals surface area contributed by atoms with E-state index in [0.29, 0.717) is 17.0 Å². The van der Waals surface area contributed by atoms with Gasteiger partial charge in [0, 0.05) is 28.4 Å². The zero-order valence-corrected chi connectivity index (χ0v) is 18.5. The van der Waals surface area contributed by atoms with Crippen molar-refractivity contribution in [1.82, 2.24) is 10.1 Å². The lowest BCUT2D eigenvalue weighted by molar-refractivity contribution is -0.192. The molecule has 6 nitrogen and oxygen atoms in total. The van der Waals surface area contributed by atoms with Crippen molar-refractivity contribution in [3.05, 3.63) is 28.9 Å². The van der Waals surface area contributed by atoms with Crippen molar-refractivity contribution in [2.24, 2.45) is 11.7 Å². The van der Waals surface area contributed by atoms with E-state index in [0.717, 1.165) is 22.6 Å². The first-order valence-corrected chi connectivity index (χ1v) is 11.3. The third-order valence-corrected chi connectivity index (χ3v) is 6.66. The van der Waals surface area contributed by atoms with Crippen LogP contribution < -0.4 is 5.73 Å². The highest BCUT2D eigenvalue weighted by Gasteiger charge is 2.38. The number of hydrogen-bond acceptors (Lipinski definition) is 5. The number of piperidine rings is 1. The van der Waals surface area contributed by atoms with Gasteiger partial charge >= 0.3 is 12.1 Å². The maximum atomic E-state index is 10.6. The van der Waals surface area contributed by atoms with E-state index in [4.69, 9.17) is 31.8 Å². The highest BCUT2D eigenvalue weighted by atomic mass is 35.5. The number of aliphatic carboxylic acids is 1. The number of benzene rings is 1. The van der Waals surface area contributed by atoms with Gasteiger partial charge < -0.3 is 20.3 Å². The second kappa shape index (κ2) is 10.9. The average Bonchev–Trinajstić information content (AvgIpc) is 3.16. The summed E-state index contributed by atoms with van der Waals surface area (Å²) in [5.41, 5.74) is 7.94. The Balaban J connectivity index is 0.000000360. The number of likely N-dealkylation sites (tertiary alicyclic amines) is 1. The van der Waals surface area contributed by atoms with Crippen LogP contribution in [0.5, 0.6) is 0 Å². The number of aromatic nitrogens is 1. The lowest BCUT2D eigenvalue weighted by atomic mass is 9.84. The summed E-state index contributed by atoms with van der Waals surface area (Å²) in [7, 11) is 0. The Bertz CT molecular complexity index is 889. The molecule has 1 aliphatic heterocycles. The minimum absolute atomic E-state index is 0.458. The molecule has 0 bridgehead atoms. The van der Waals surface area contributed by atoms with E-state index in [-0.39, 0.29) is 0 Å². The lowest BCUT2D eigenvalue weighted by Crippen LogP contribution is -2.35. The predicted molar refractivity (Wildman–Crippen MR) is 116 cm³/mol. The number of fused-ring (bicyclic) bond motifs is 1. The molecule has 0 amide bonds. The Morgan fingerprint density at radius 1 is 1.19 bits per heavy atom. The van der Waals surface area contributed by atoms with Crippen molar-refractivity contribution in [2.45, 2.75) is 63.1 Å². The largest absolute Gasteiger partial charge is 0.490 e. The van der Waals surface area contributed by atoms with Gasteiger partial charge in [0.25, 0.3) is 0 Å². The van der Waals surface area contributed by atoms with Crippen LogP contribution in [0, 0.1) is 5.92 Å². The van der Waals surface area contributed by atoms with E-state index in [2.05, 4.69) is 10.1 Å². The summed E-state index contributed by atoms with van der Waals surface area (Å²) in [6, 6.07) is 6.29. The van der Waals surface area contributed by atoms with Gasteiger partial charge in [0.1, 0.15) is 0 Å². The average molecular weight is 476 g/mol. The molecule has 10 heteroatoms. The van der Waals surface area contributed by atoms with E-state index < -0.39 is 12.1 Å². The van der Waals surface area contributed by atoms with Crippen molar-refractivity contribution < 1.29 is 27.6 Å². The fraction of sp³-hybridized carbons (Fsp3) is 0.636. The third-order valence-electron chi connectivity index (χ3n) is 6.42. The van der Waals surface area contributed by atoms with Gasteiger partial charge in [-0.1, -0.05) is 16.8 Å². The van der Waals surface area contributed by atoms with Crippen LogP contribution in [0.4, 0.5) is 13.2 Å². The van der Waals surface area contributed by atoms with Gasteiger partial charge in [-0.15, -0.1) is 0 Å². The molecule has 1 aliphatic carbocycles. The number of hydrogen-bond donors (Lipinski definition) is 2. The second-order valence-corrected chi connectivity index (χ2v) is 9.13. The molecule has 1 saturated heterocycles. The van der Waals surface area contributed by atoms with Gasteiger partial charge in [-0.05, 0) is 82.6 Å². The molecule has 4 rings (SSSR count). The van der Waals surface area contributed by atoms with Crippen LogP contribution in [0.2, 0.25) is 5.02 Å².